The van der Waals surface area contributed by atoms with E-state index in [-0.39, 0.29) is 23.5 Å². The van der Waals surface area contributed by atoms with E-state index in [0.717, 1.165) is 5.56 Å². The van der Waals surface area contributed by atoms with E-state index in [1.165, 1.54) is 18.4 Å². The van der Waals surface area contributed by atoms with Crippen LogP contribution in [0.15, 0.2) is 41.0 Å². The Balaban J connectivity index is 2.17. The fourth-order valence-electron chi connectivity index (χ4n) is 1.64. The second kappa shape index (κ2) is 4.87. The van der Waals surface area contributed by atoms with Crippen LogP contribution in [0.25, 0.3) is 0 Å². The van der Waals surface area contributed by atoms with E-state index in [0.29, 0.717) is 0 Å². The van der Waals surface area contributed by atoms with Crippen LogP contribution in [0.1, 0.15) is 32.9 Å². The van der Waals surface area contributed by atoms with Gasteiger partial charge in [-0.1, -0.05) is 11.6 Å². The van der Waals surface area contributed by atoms with Crippen molar-refractivity contribution in [1.82, 2.24) is 0 Å². The first-order valence-electron chi connectivity index (χ1n) is 5.47. The van der Waals surface area contributed by atoms with Crippen LogP contribution in [0, 0.1) is 6.92 Å². The minimum atomic E-state index is -0.419. The molecule has 0 atom stereocenters. The van der Waals surface area contributed by atoms with Crippen LogP contribution in [0.3, 0.4) is 0 Å². The lowest BCUT2D eigenvalue weighted by molar-refractivity contribution is 0.0877. The van der Waals surface area contributed by atoms with Crippen molar-refractivity contribution in [3.63, 3.8) is 0 Å². The fraction of sp³-hybridized carbons (Fsp3) is 0.143. The molecule has 0 unspecified atom stereocenters. The summed E-state index contributed by atoms with van der Waals surface area (Å²) in [6.45, 7) is 1.81. The molecular formula is C14H12O4. The molecule has 4 heteroatoms. The van der Waals surface area contributed by atoms with Gasteiger partial charge >= 0.3 is 0 Å². The predicted molar refractivity (Wildman–Crippen MR) is 64.8 cm³/mol. The largest absolute Gasteiger partial charge is 0.507 e. The van der Waals surface area contributed by atoms with Crippen LogP contribution in [0.2, 0.25) is 0 Å². The zero-order valence-corrected chi connectivity index (χ0v) is 9.84. The van der Waals surface area contributed by atoms with E-state index in [9.17, 15) is 14.7 Å². The van der Waals surface area contributed by atoms with Gasteiger partial charge in [-0.2, -0.15) is 0 Å². The number of hydrogen-bond acceptors (Lipinski definition) is 4. The van der Waals surface area contributed by atoms with Crippen molar-refractivity contribution in [3.8, 4) is 5.75 Å². The number of Topliss-reactive ketones (excluding diaryl/α,β-unsaturated/α-hetero) is 2. The summed E-state index contributed by atoms with van der Waals surface area (Å²) in [4.78, 5) is 23.6. The summed E-state index contributed by atoms with van der Waals surface area (Å²) in [5.74, 6) is -0.781. The Morgan fingerprint density at radius 1 is 1.22 bits per heavy atom. The molecule has 0 aliphatic rings. The monoisotopic (exact) mass is 244 g/mol. The topological polar surface area (TPSA) is 67.5 Å². The van der Waals surface area contributed by atoms with Gasteiger partial charge in [0.05, 0.1) is 18.2 Å². The molecule has 0 saturated heterocycles. The summed E-state index contributed by atoms with van der Waals surface area (Å²) < 4.78 is 4.92. The van der Waals surface area contributed by atoms with E-state index >= 15 is 0 Å². The first-order valence-corrected chi connectivity index (χ1v) is 5.47. The van der Waals surface area contributed by atoms with E-state index in [1.807, 2.05) is 6.92 Å². The maximum absolute atomic E-state index is 11.9. The Bertz CT molecular complexity index is 582. The van der Waals surface area contributed by atoms with Crippen LogP contribution >= 0.6 is 0 Å². The number of rotatable bonds is 4. The van der Waals surface area contributed by atoms with Gasteiger partial charge in [0, 0.05) is 0 Å². The molecule has 1 N–H and O–H groups in total. The first-order chi connectivity index (χ1) is 8.58. The minimum absolute atomic E-state index is 0.113. The van der Waals surface area contributed by atoms with Crippen LogP contribution in [-0.4, -0.2) is 16.7 Å². The summed E-state index contributed by atoms with van der Waals surface area (Å²) in [5, 5.41) is 9.59. The normalized spacial score (nSPS) is 10.3. The molecule has 1 aromatic heterocycles. The van der Waals surface area contributed by atoms with Crippen molar-refractivity contribution in [2.24, 2.45) is 0 Å². The SMILES string of the molecule is Cc1ccc(O)c(C(=O)CC(=O)c2ccco2)c1. The molecule has 0 spiro atoms. The third kappa shape index (κ3) is 2.48. The van der Waals surface area contributed by atoms with Gasteiger partial charge < -0.3 is 9.52 Å². The Morgan fingerprint density at radius 2 is 2.00 bits per heavy atom. The van der Waals surface area contributed by atoms with Gasteiger partial charge in [-0.15, -0.1) is 0 Å². The number of aryl methyl sites for hydroxylation is 1. The van der Waals surface area contributed by atoms with E-state index in [4.69, 9.17) is 4.42 Å². The van der Waals surface area contributed by atoms with Gasteiger partial charge in [-0.25, -0.2) is 0 Å². The maximum atomic E-state index is 11.9. The van der Waals surface area contributed by atoms with Crippen molar-refractivity contribution >= 4 is 11.6 Å². The number of phenolic OH excluding ortho intramolecular Hbond substituents is 1. The minimum Gasteiger partial charge on any atom is -0.507 e. The van der Waals surface area contributed by atoms with Gasteiger partial charge in [0.15, 0.2) is 11.5 Å². The molecule has 0 aliphatic heterocycles. The highest BCUT2D eigenvalue weighted by Gasteiger charge is 2.18. The summed E-state index contributed by atoms with van der Waals surface area (Å²) in [6, 6.07) is 7.79. The number of carbonyl (C=O) groups excluding carboxylic acids is 2. The third-order valence-corrected chi connectivity index (χ3v) is 2.57. The molecule has 0 saturated carbocycles. The molecule has 18 heavy (non-hydrogen) atoms. The number of hydrogen-bond donors (Lipinski definition) is 1. The second-order valence-electron chi connectivity index (χ2n) is 4.02. The van der Waals surface area contributed by atoms with Gasteiger partial charge in [0.2, 0.25) is 5.78 Å². The highest BCUT2D eigenvalue weighted by atomic mass is 16.3. The number of benzene rings is 1. The number of ketones is 2. The van der Waals surface area contributed by atoms with Crippen LogP contribution in [0.4, 0.5) is 0 Å². The molecule has 1 aromatic carbocycles. The average Bonchev–Trinajstić information content (AvgIpc) is 2.85. The summed E-state index contributed by atoms with van der Waals surface area (Å²) in [7, 11) is 0. The van der Waals surface area contributed by atoms with Crippen molar-refractivity contribution in [3.05, 3.63) is 53.5 Å². The lowest BCUT2D eigenvalue weighted by atomic mass is 10.0. The molecule has 0 aliphatic carbocycles. The smallest absolute Gasteiger partial charge is 0.205 e. The van der Waals surface area contributed by atoms with Crippen molar-refractivity contribution in [2.45, 2.75) is 13.3 Å². The number of furan rings is 1. The third-order valence-electron chi connectivity index (χ3n) is 2.57. The molecule has 0 fully saturated rings. The molecule has 0 amide bonds. The number of phenols is 1. The number of carbonyl (C=O) groups is 2. The van der Waals surface area contributed by atoms with Crippen LogP contribution < -0.4 is 0 Å². The highest BCUT2D eigenvalue weighted by molar-refractivity contribution is 6.13. The molecular weight excluding hydrogens is 232 g/mol. The number of aromatic hydroxyl groups is 1. The average molecular weight is 244 g/mol. The Labute approximate surface area is 104 Å². The van der Waals surface area contributed by atoms with Gasteiger partial charge in [-0.05, 0) is 31.2 Å². The first kappa shape index (κ1) is 12.1. The second-order valence-corrected chi connectivity index (χ2v) is 4.02. The van der Waals surface area contributed by atoms with Gasteiger partial charge in [0.1, 0.15) is 5.75 Å². The fourth-order valence-corrected chi connectivity index (χ4v) is 1.64. The Kier molecular flexibility index (Phi) is 3.28. The molecule has 92 valence electrons. The zero-order valence-electron chi connectivity index (χ0n) is 9.84. The van der Waals surface area contributed by atoms with Crippen molar-refractivity contribution < 1.29 is 19.1 Å². The van der Waals surface area contributed by atoms with Gasteiger partial charge in [0.25, 0.3) is 0 Å². The van der Waals surface area contributed by atoms with Crippen molar-refractivity contribution in [1.29, 1.82) is 0 Å². The Morgan fingerprint density at radius 3 is 2.67 bits per heavy atom. The summed E-state index contributed by atoms with van der Waals surface area (Å²) in [6.07, 6.45) is 1.06. The van der Waals surface area contributed by atoms with Gasteiger partial charge in [-0.3, -0.25) is 9.59 Å². The van der Waals surface area contributed by atoms with Crippen molar-refractivity contribution in [2.75, 3.05) is 0 Å². The maximum Gasteiger partial charge on any atom is 0.205 e. The summed E-state index contributed by atoms with van der Waals surface area (Å²) in [5.41, 5.74) is 1.01. The van der Waals surface area contributed by atoms with E-state index < -0.39 is 11.6 Å². The molecule has 1 heterocycles. The Hall–Kier alpha value is -2.36. The quantitative estimate of drug-likeness (QED) is 0.663. The highest BCUT2D eigenvalue weighted by Crippen LogP contribution is 2.20. The molecule has 0 radical (unpaired) electrons. The van der Waals surface area contributed by atoms with Crippen LogP contribution in [-0.2, 0) is 0 Å². The molecule has 4 nitrogen and oxygen atoms in total. The lowest BCUT2D eigenvalue weighted by Crippen LogP contribution is -2.08. The zero-order chi connectivity index (χ0) is 13.1. The molecule has 0 bridgehead atoms. The molecule has 2 aromatic rings. The summed E-state index contributed by atoms with van der Waals surface area (Å²) >= 11 is 0. The predicted octanol–water partition coefficient (Wildman–Crippen LogP) is 2.75. The molecule has 2 rings (SSSR count). The standard InChI is InChI=1S/C14H12O4/c1-9-4-5-11(15)10(7-9)12(16)8-13(17)14-3-2-6-18-14/h2-7,15H,8H2,1H3. The van der Waals surface area contributed by atoms with E-state index in [1.54, 1.807) is 18.2 Å². The van der Waals surface area contributed by atoms with Crippen LogP contribution in [0.5, 0.6) is 5.75 Å². The lowest BCUT2D eigenvalue weighted by Gasteiger charge is -2.03. The van der Waals surface area contributed by atoms with E-state index in [2.05, 4.69) is 0 Å².